The molecule has 0 radical (unpaired) electrons. The molecule has 10 heteroatoms. The summed E-state index contributed by atoms with van der Waals surface area (Å²) >= 11 is 6.22. The fourth-order valence-corrected chi connectivity index (χ4v) is 4.03. The number of rotatable bonds is 1. The molecule has 2 bridgehead atoms. The van der Waals surface area contributed by atoms with Gasteiger partial charge in [-0.1, -0.05) is 11.6 Å². The first kappa shape index (κ1) is 17.7. The molecule has 0 aliphatic carbocycles. The van der Waals surface area contributed by atoms with Crippen LogP contribution < -0.4 is 10.1 Å². The molecule has 148 valence electrons. The van der Waals surface area contributed by atoms with E-state index >= 15 is 0 Å². The number of ether oxygens (including phenoxy) is 2. The fourth-order valence-electron chi connectivity index (χ4n) is 3.81. The van der Waals surface area contributed by atoms with E-state index in [2.05, 4.69) is 20.4 Å². The summed E-state index contributed by atoms with van der Waals surface area (Å²) in [6.07, 6.45) is 5.74. The van der Waals surface area contributed by atoms with Crippen molar-refractivity contribution >= 4 is 34.3 Å². The van der Waals surface area contributed by atoms with Gasteiger partial charge >= 0.3 is 0 Å². The second kappa shape index (κ2) is 7.21. The van der Waals surface area contributed by atoms with Crippen LogP contribution in [0.2, 0.25) is 5.15 Å². The van der Waals surface area contributed by atoms with E-state index in [1.165, 1.54) is 0 Å². The number of aromatic nitrogens is 6. The Balaban J connectivity index is 1.56. The fraction of sp³-hybridized carbons (Fsp3) is 0.556. The molecule has 0 aromatic carbocycles. The third-order valence-electron chi connectivity index (χ3n) is 5.28. The molecule has 2 aliphatic rings. The van der Waals surface area contributed by atoms with Gasteiger partial charge in [0.1, 0.15) is 5.69 Å². The van der Waals surface area contributed by atoms with Gasteiger partial charge in [0, 0.05) is 25.8 Å². The third kappa shape index (κ3) is 3.08. The first-order chi connectivity index (χ1) is 13.7. The second-order valence-corrected chi connectivity index (χ2v) is 7.56. The number of anilines is 2. The lowest BCUT2D eigenvalue weighted by Crippen LogP contribution is -2.17. The zero-order chi connectivity index (χ0) is 19.1. The van der Waals surface area contributed by atoms with Crippen molar-refractivity contribution < 1.29 is 9.47 Å². The van der Waals surface area contributed by atoms with Crippen LogP contribution in [0.25, 0.3) is 11.0 Å². The van der Waals surface area contributed by atoms with Crippen molar-refractivity contribution in [2.24, 2.45) is 0 Å². The maximum absolute atomic E-state index is 6.22. The van der Waals surface area contributed by atoms with E-state index < -0.39 is 0 Å². The Morgan fingerprint density at radius 2 is 2.14 bits per heavy atom. The van der Waals surface area contributed by atoms with Crippen molar-refractivity contribution in [1.29, 1.82) is 0 Å². The average Bonchev–Trinajstić information content (AvgIpc) is 3.01. The van der Waals surface area contributed by atoms with Gasteiger partial charge in [0.2, 0.25) is 5.95 Å². The molecule has 5 heterocycles. The van der Waals surface area contributed by atoms with Gasteiger partial charge in [-0.15, -0.1) is 5.10 Å². The highest BCUT2D eigenvalue weighted by molar-refractivity contribution is 6.34. The van der Waals surface area contributed by atoms with Crippen LogP contribution in [0.15, 0.2) is 6.20 Å². The van der Waals surface area contributed by atoms with E-state index in [9.17, 15) is 0 Å². The van der Waals surface area contributed by atoms with Crippen LogP contribution >= 0.6 is 11.6 Å². The molecule has 28 heavy (non-hydrogen) atoms. The van der Waals surface area contributed by atoms with Crippen LogP contribution in [0.1, 0.15) is 37.4 Å². The highest BCUT2D eigenvalue weighted by Crippen LogP contribution is 2.34. The van der Waals surface area contributed by atoms with Gasteiger partial charge in [-0.25, -0.2) is 9.67 Å². The topological polar surface area (TPSA) is 91.9 Å². The molecule has 9 nitrogen and oxygen atoms in total. The van der Waals surface area contributed by atoms with Gasteiger partial charge in [-0.3, -0.25) is 4.68 Å². The number of halogens is 1. The van der Waals surface area contributed by atoms with E-state index in [1.807, 2.05) is 11.6 Å². The van der Waals surface area contributed by atoms with E-state index in [0.717, 1.165) is 49.1 Å². The summed E-state index contributed by atoms with van der Waals surface area (Å²) in [5.74, 6) is 1.04. The molecule has 0 amide bonds. The predicted molar refractivity (Wildman–Crippen MR) is 104 cm³/mol. The van der Waals surface area contributed by atoms with Gasteiger partial charge in [0.05, 0.1) is 30.3 Å². The van der Waals surface area contributed by atoms with E-state index in [0.29, 0.717) is 42.4 Å². The molecule has 5 rings (SSSR count). The summed E-state index contributed by atoms with van der Waals surface area (Å²) in [5.41, 5.74) is 2.50. The lowest BCUT2D eigenvalue weighted by molar-refractivity contribution is 0.113. The van der Waals surface area contributed by atoms with Crippen molar-refractivity contribution in [2.45, 2.75) is 45.2 Å². The van der Waals surface area contributed by atoms with Crippen LogP contribution in [0.4, 0.5) is 11.6 Å². The van der Waals surface area contributed by atoms with Crippen molar-refractivity contribution in [2.75, 3.05) is 25.1 Å². The zero-order valence-corrected chi connectivity index (χ0v) is 16.4. The molecule has 1 N–H and O–H groups in total. The lowest BCUT2D eigenvalue weighted by Gasteiger charge is -2.16. The van der Waals surface area contributed by atoms with Gasteiger partial charge in [0.25, 0.3) is 5.88 Å². The predicted octanol–water partition coefficient (Wildman–Crippen LogP) is 3.25. The van der Waals surface area contributed by atoms with E-state index in [4.69, 9.17) is 26.2 Å². The molecular weight excluding hydrogens is 382 g/mol. The zero-order valence-electron chi connectivity index (χ0n) is 15.7. The minimum absolute atomic E-state index is 0.206. The minimum atomic E-state index is 0.206. The Labute approximate surface area is 167 Å². The number of aryl methyl sites for hydroxylation is 1. The van der Waals surface area contributed by atoms with Crippen LogP contribution in [-0.2, 0) is 11.3 Å². The van der Waals surface area contributed by atoms with Crippen LogP contribution in [-0.4, -0.2) is 49.3 Å². The Morgan fingerprint density at radius 3 is 3.07 bits per heavy atom. The standard InChI is InChI=1S/C18H22ClN7O2/c1-11-14-17(24-26(11)12-5-2-3-7-27-10-12)28-8-4-6-25-16-13(15(19)23-25)9-20-18(21-14)22-16/h9,12H,2-8,10H2,1H3,(H,20,21,22)/t12-/m0/s1. The maximum Gasteiger partial charge on any atom is 0.257 e. The highest BCUT2D eigenvalue weighted by atomic mass is 35.5. The number of fused-ring (bicyclic) bond motifs is 2. The summed E-state index contributed by atoms with van der Waals surface area (Å²) in [7, 11) is 0. The summed E-state index contributed by atoms with van der Waals surface area (Å²) in [5, 5.41) is 13.6. The van der Waals surface area contributed by atoms with Crippen molar-refractivity contribution in [1.82, 2.24) is 29.5 Å². The second-order valence-electron chi connectivity index (χ2n) is 7.21. The quantitative estimate of drug-likeness (QED) is 0.666. The molecule has 3 aromatic rings. The smallest absolute Gasteiger partial charge is 0.257 e. The van der Waals surface area contributed by atoms with Gasteiger partial charge in [-0.05, 0) is 26.2 Å². The van der Waals surface area contributed by atoms with Gasteiger partial charge in [-0.2, -0.15) is 10.1 Å². The highest BCUT2D eigenvalue weighted by Gasteiger charge is 2.24. The molecule has 0 unspecified atom stereocenters. The summed E-state index contributed by atoms with van der Waals surface area (Å²) in [6, 6.07) is 0.206. The molecule has 1 fully saturated rings. The normalized spacial score (nSPS) is 20.1. The number of nitrogens with zero attached hydrogens (tertiary/aromatic N) is 6. The first-order valence-corrected chi connectivity index (χ1v) is 10.0. The van der Waals surface area contributed by atoms with Crippen molar-refractivity contribution in [3.8, 4) is 5.88 Å². The van der Waals surface area contributed by atoms with Crippen LogP contribution in [0.5, 0.6) is 5.88 Å². The Kier molecular flexibility index (Phi) is 4.56. The van der Waals surface area contributed by atoms with Crippen LogP contribution in [0, 0.1) is 6.92 Å². The van der Waals surface area contributed by atoms with E-state index in [1.54, 1.807) is 10.9 Å². The molecule has 3 aromatic heterocycles. The molecular formula is C18H22ClN7O2. The minimum Gasteiger partial charge on any atom is -0.475 e. The SMILES string of the molecule is Cc1c2c(nn1[C@H]1CCCCOC1)OCCCn1nc(Cl)c3cnc(nc31)N2. The summed E-state index contributed by atoms with van der Waals surface area (Å²) in [4.78, 5) is 9.04. The Bertz CT molecular complexity index is 1010. The number of nitrogens with one attached hydrogen (secondary N) is 1. The monoisotopic (exact) mass is 403 g/mol. The molecule has 1 saturated heterocycles. The first-order valence-electron chi connectivity index (χ1n) is 9.66. The lowest BCUT2D eigenvalue weighted by atomic mass is 10.1. The summed E-state index contributed by atoms with van der Waals surface area (Å²) < 4.78 is 15.6. The Hall–Kier alpha value is -2.39. The summed E-state index contributed by atoms with van der Waals surface area (Å²) in [6.45, 7) is 4.70. The van der Waals surface area contributed by atoms with Crippen LogP contribution in [0.3, 0.4) is 0 Å². The largest absolute Gasteiger partial charge is 0.475 e. The number of hydrogen-bond donors (Lipinski definition) is 1. The van der Waals surface area contributed by atoms with Crippen molar-refractivity contribution in [3.05, 3.63) is 17.0 Å². The Morgan fingerprint density at radius 1 is 1.21 bits per heavy atom. The van der Waals surface area contributed by atoms with Crippen molar-refractivity contribution in [3.63, 3.8) is 0 Å². The van der Waals surface area contributed by atoms with Gasteiger partial charge < -0.3 is 14.8 Å². The molecule has 0 spiro atoms. The molecule has 1 atom stereocenters. The third-order valence-corrected chi connectivity index (χ3v) is 5.56. The molecule has 0 saturated carbocycles. The van der Waals surface area contributed by atoms with E-state index in [-0.39, 0.29) is 6.04 Å². The number of hydrogen-bond acceptors (Lipinski definition) is 7. The average molecular weight is 404 g/mol. The maximum atomic E-state index is 6.22. The molecule has 2 aliphatic heterocycles. The van der Waals surface area contributed by atoms with Gasteiger partial charge in [0.15, 0.2) is 10.8 Å².